The Bertz CT molecular complexity index is 1810. The third kappa shape index (κ3) is 2.90. The molecule has 0 N–H and O–H groups in total. The minimum atomic E-state index is 1.10. The van der Waals surface area contributed by atoms with Gasteiger partial charge in [0.1, 0.15) is 0 Å². The molecule has 2 heterocycles. The van der Waals surface area contributed by atoms with Crippen molar-refractivity contribution in [3.05, 3.63) is 114 Å². The molecule has 1 nitrogen and oxygen atoms in total. The lowest BCUT2D eigenvalue weighted by atomic mass is 10.0. The van der Waals surface area contributed by atoms with Gasteiger partial charge in [0, 0.05) is 41.1 Å². The van der Waals surface area contributed by atoms with Gasteiger partial charge in [-0.3, -0.25) is 0 Å². The molecule has 0 fully saturated rings. The van der Waals surface area contributed by atoms with Gasteiger partial charge in [-0.05, 0) is 53.6 Å². The van der Waals surface area contributed by atoms with E-state index < -0.39 is 0 Å². The number of nitrogens with zero attached hydrogens (tertiary/aromatic N) is 1. The van der Waals surface area contributed by atoms with Crippen LogP contribution in [-0.2, 0) is 0 Å². The van der Waals surface area contributed by atoms with Gasteiger partial charge in [-0.25, -0.2) is 0 Å². The van der Waals surface area contributed by atoms with Crippen LogP contribution >= 0.6 is 27.3 Å². The zero-order valence-corrected chi connectivity index (χ0v) is 20.0. The van der Waals surface area contributed by atoms with Crippen LogP contribution in [0.5, 0.6) is 0 Å². The molecule has 0 aliphatic heterocycles. The number of para-hydroxylation sites is 1. The lowest BCUT2D eigenvalue weighted by Crippen LogP contribution is -1.93. The van der Waals surface area contributed by atoms with E-state index in [4.69, 9.17) is 0 Å². The first-order valence-electron chi connectivity index (χ1n) is 11.0. The van der Waals surface area contributed by atoms with Gasteiger partial charge in [-0.2, -0.15) is 0 Å². The van der Waals surface area contributed by atoms with Crippen molar-refractivity contribution in [1.29, 1.82) is 0 Å². The summed E-state index contributed by atoms with van der Waals surface area (Å²) >= 11 is 5.46. The van der Waals surface area contributed by atoms with Crippen LogP contribution in [0.3, 0.4) is 0 Å². The predicted octanol–water partition coefficient (Wildman–Crippen LogP) is 9.58. The third-order valence-electron chi connectivity index (χ3n) is 6.47. The van der Waals surface area contributed by atoms with Crippen molar-refractivity contribution in [2.24, 2.45) is 0 Å². The maximum atomic E-state index is 3.56. The van der Waals surface area contributed by atoms with Gasteiger partial charge < -0.3 is 4.57 Å². The van der Waals surface area contributed by atoms with Crippen molar-refractivity contribution < 1.29 is 0 Å². The van der Waals surface area contributed by atoms with Crippen LogP contribution in [0, 0.1) is 0 Å². The molecule has 0 spiro atoms. The highest BCUT2D eigenvalue weighted by atomic mass is 79.9. The molecular formula is C30H18BrNS. The van der Waals surface area contributed by atoms with Gasteiger partial charge >= 0.3 is 0 Å². The van der Waals surface area contributed by atoms with Crippen LogP contribution in [-0.4, -0.2) is 4.57 Å². The first kappa shape index (κ1) is 19.1. The highest BCUT2D eigenvalue weighted by Crippen LogP contribution is 2.43. The third-order valence-corrected chi connectivity index (χ3v) is 8.20. The van der Waals surface area contributed by atoms with Gasteiger partial charge in [0.05, 0.1) is 11.0 Å². The van der Waals surface area contributed by atoms with E-state index in [-0.39, 0.29) is 0 Å². The van der Waals surface area contributed by atoms with Crippen molar-refractivity contribution in [1.82, 2.24) is 4.57 Å². The van der Waals surface area contributed by atoms with Crippen molar-refractivity contribution in [2.75, 3.05) is 0 Å². The number of fused-ring (bicyclic) bond motifs is 7. The van der Waals surface area contributed by atoms with E-state index in [1.54, 1.807) is 0 Å². The number of hydrogen-bond donors (Lipinski definition) is 0. The minimum absolute atomic E-state index is 1.10. The second-order valence-electron chi connectivity index (χ2n) is 8.34. The molecule has 156 valence electrons. The smallest absolute Gasteiger partial charge is 0.0555 e. The van der Waals surface area contributed by atoms with E-state index in [1.807, 2.05) is 11.3 Å². The zero-order valence-electron chi connectivity index (χ0n) is 17.6. The molecule has 2 aromatic heterocycles. The fraction of sp³-hybridized carbons (Fsp3) is 0. The Hall–Kier alpha value is -3.40. The molecular weight excluding hydrogens is 486 g/mol. The van der Waals surface area contributed by atoms with E-state index in [9.17, 15) is 0 Å². The zero-order chi connectivity index (χ0) is 21.9. The monoisotopic (exact) mass is 503 g/mol. The Morgan fingerprint density at radius 1 is 0.576 bits per heavy atom. The molecule has 0 amide bonds. The number of rotatable bonds is 2. The fourth-order valence-electron chi connectivity index (χ4n) is 4.96. The largest absolute Gasteiger partial charge is 0.309 e. The summed E-state index contributed by atoms with van der Waals surface area (Å²) in [6, 6.07) is 39.5. The Morgan fingerprint density at radius 2 is 1.30 bits per heavy atom. The lowest BCUT2D eigenvalue weighted by Gasteiger charge is -2.09. The number of aromatic nitrogens is 1. The Morgan fingerprint density at radius 3 is 2.15 bits per heavy atom. The molecule has 0 radical (unpaired) electrons. The van der Waals surface area contributed by atoms with Gasteiger partial charge in [-0.1, -0.05) is 82.7 Å². The Balaban J connectivity index is 1.63. The summed E-state index contributed by atoms with van der Waals surface area (Å²) in [5.74, 6) is 0. The van der Waals surface area contributed by atoms with Crippen LogP contribution in [0.1, 0.15) is 0 Å². The first-order valence-corrected chi connectivity index (χ1v) is 12.6. The van der Waals surface area contributed by atoms with Crippen molar-refractivity contribution in [3.8, 4) is 16.8 Å². The molecule has 0 aliphatic carbocycles. The summed E-state index contributed by atoms with van der Waals surface area (Å²) in [5.41, 5.74) is 6.12. The minimum Gasteiger partial charge on any atom is -0.309 e. The molecule has 7 aromatic rings. The molecule has 33 heavy (non-hydrogen) atoms. The Kier molecular flexibility index (Phi) is 4.23. The molecule has 7 rings (SSSR count). The highest BCUT2D eigenvalue weighted by molar-refractivity contribution is 9.10. The van der Waals surface area contributed by atoms with Crippen molar-refractivity contribution in [3.63, 3.8) is 0 Å². The number of hydrogen-bond acceptors (Lipinski definition) is 1. The molecule has 0 saturated carbocycles. The van der Waals surface area contributed by atoms with E-state index in [0.29, 0.717) is 0 Å². The summed E-state index contributed by atoms with van der Waals surface area (Å²) in [5, 5.41) is 5.32. The second kappa shape index (κ2) is 7.31. The quantitative estimate of drug-likeness (QED) is 0.221. The molecule has 0 unspecified atom stereocenters. The van der Waals surface area contributed by atoms with Crippen molar-refractivity contribution in [2.45, 2.75) is 0 Å². The second-order valence-corrected chi connectivity index (χ2v) is 10.3. The van der Waals surface area contributed by atoms with E-state index in [1.165, 1.54) is 58.8 Å². The molecule has 0 aliphatic rings. The molecule has 0 saturated heterocycles. The Labute approximate surface area is 203 Å². The standard InChI is InChI=1S/C30H18BrNS/c31-21-13-10-19(11-14-21)20-12-15-25-27(18-20)32(22-6-2-1-3-7-22)26-17-16-24-23-8-4-5-9-28(23)33-30(24)29(25)26/h1-18H. The maximum Gasteiger partial charge on any atom is 0.0555 e. The van der Waals surface area contributed by atoms with E-state index in [2.05, 4.69) is 130 Å². The summed E-state index contributed by atoms with van der Waals surface area (Å²) in [4.78, 5) is 0. The first-order chi connectivity index (χ1) is 16.3. The van der Waals surface area contributed by atoms with Gasteiger partial charge in [0.25, 0.3) is 0 Å². The number of halogens is 1. The summed E-state index contributed by atoms with van der Waals surface area (Å²) in [7, 11) is 0. The summed E-state index contributed by atoms with van der Waals surface area (Å²) in [6.45, 7) is 0. The molecule has 0 atom stereocenters. The fourth-order valence-corrected chi connectivity index (χ4v) is 6.48. The average Bonchev–Trinajstić information content (AvgIpc) is 3.40. The number of benzene rings is 5. The predicted molar refractivity (Wildman–Crippen MR) is 147 cm³/mol. The van der Waals surface area contributed by atoms with Crippen LogP contribution in [0.2, 0.25) is 0 Å². The molecule has 3 heteroatoms. The van der Waals surface area contributed by atoms with Gasteiger partial charge in [0.15, 0.2) is 0 Å². The highest BCUT2D eigenvalue weighted by Gasteiger charge is 2.18. The van der Waals surface area contributed by atoms with Crippen molar-refractivity contribution >= 4 is 69.2 Å². The maximum absolute atomic E-state index is 3.56. The van der Waals surface area contributed by atoms with Crippen LogP contribution in [0.4, 0.5) is 0 Å². The SMILES string of the molecule is Brc1ccc(-c2ccc3c4c5sc6ccccc6c5ccc4n(-c4ccccc4)c3c2)cc1. The lowest BCUT2D eigenvalue weighted by molar-refractivity contribution is 1.18. The molecule has 0 bridgehead atoms. The molecule has 5 aromatic carbocycles. The van der Waals surface area contributed by atoms with Crippen LogP contribution in [0.15, 0.2) is 114 Å². The van der Waals surface area contributed by atoms with E-state index >= 15 is 0 Å². The summed E-state index contributed by atoms with van der Waals surface area (Å²) < 4.78 is 6.21. The topological polar surface area (TPSA) is 4.93 Å². The number of thiophene rings is 1. The van der Waals surface area contributed by atoms with E-state index in [0.717, 1.165) is 4.47 Å². The van der Waals surface area contributed by atoms with Gasteiger partial charge in [0.2, 0.25) is 0 Å². The average molecular weight is 504 g/mol. The summed E-state index contributed by atoms with van der Waals surface area (Å²) in [6.07, 6.45) is 0. The normalized spacial score (nSPS) is 11.8. The van der Waals surface area contributed by atoms with Gasteiger partial charge in [-0.15, -0.1) is 11.3 Å². The van der Waals surface area contributed by atoms with Crippen LogP contribution in [0.25, 0.3) is 58.8 Å². The van der Waals surface area contributed by atoms with Crippen LogP contribution < -0.4 is 0 Å².